The van der Waals surface area contributed by atoms with Gasteiger partial charge in [0, 0.05) is 12.6 Å². The fourth-order valence-electron chi connectivity index (χ4n) is 2.02. The minimum Gasteiger partial charge on any atom is -0.396 e. The molecular formula is C16H27NO. The molecule has 1 atom stereocenters. The van der Waals surface area contributed by atoms with Crippen molar-refractivity contribution in [1.29, 1.82) is 0 Å². The van der Waals surface area contributed by atoms with Crippen molar-refractivity contribution < 1.29 is 5.11 Å². The Morgan fingerprint density at radius 2 is 1.56 bits per heavy atom. The van der Waals surface area contributed by atoms with Crippen molar-refractivity contribution >= 4 is 0 Å². The maximum Gasteiger partial charge on any atom is 0.0431 e. The molecule has 0 aliphatic carbocycles. The van der Waals surface area contributed by atoms with E-state index < -0.39 is 0 Å². The van der Waals surface area contributed by atoms with E-state index in [0.717, 1.165) is 25.8 Å². The summed E-state index contributed by atoms with van der Waals surface area (Å²) in [6, 6.07) is 9.30. The van der Waals surface area contributed by atoms with Gasteiger partial charge in [0.05, 0.1) is 0 Å². The smallest absolute Gasteiger partial charge is 0.0431 e. The molecular weight excluding hydrogens is 222 g/mol. The zero-order valence-electron chi connectivity index (χ0n) is 11.9. The van der Waals surface area contributed by atoms with Crippen molar-refractivity contribution in [2.24, 2.45) is 0 Å². The van der Waals surface area contributed by atoms with Gasteiger partial charge in [-0.3, -0.25) is 0 Å². The van der Waals surface area contributed by atoms with Crippen molar-refractivity contribution in [2.45, 2.75) is 52.0 Å². The minimum atomic E-state index is 0.312. The van der Waals surface area contributed by atoms with E-state index >= 15 is 0 Å². The van der Waals surface area contributed by atoms with Crippen LogP contribution in [0.2, 0.25) is 0 Å². The Morgan fingerprint density at radius 3 is 2.11 bits per heavy atom. The Hall–Kier alpha value is -0.860. The largest absolute Gasteiger partial charge is 0.396 e. The summed E-state index contributed by atoms with van der Waals surface area (Å²) in [7, 11) is 0. The number of hydrogen-bond donors (Lipinski definition) is 2. The van der Waals surface area contributed by atoms with Crippen LogP contribution in [0.15, 0.2) is 24.3 Å². The molecule has 1 unspecified atom stereocenters. The molecule has 18 heavy (non-hydrogen) atoms. The SMILES string of the molecule is CC(C)c1ccc(C(C)NCCCCCO)cc1. The van der Waals surface area contributed by atoms with Crippen molar-refractivity contribution in [3.05, 3.63) is 35.4 Å². The van der Waals surface area contributed by atoms with Gasteiger partial charge in [-0.2, -0.15) is 0 Å². The van der Waals surface area contributed by atoms with Gasteiger partial charge in [-0.1, -0.05) is 38.1 Å². The van der Waals surface area contributed by atoms with Crippen molar-refractivity contribution in [3.63, 3.8) is 0 Å². The van der Waals surface area contributed by atoms with Crippen LogP contribution >= 0.6 is 0 Å². The molecule has 1 rings (SSSR count). The van der Waals surface area contributed by atoms with Crippen molar-refractivity contribution in [1.82, 2.24) is 5.32 Å². The van der Waals surface area contributed by atoms with Gasteiger partial charge in [0.2, 0.25) is 0 Å². The lowest BCUT2D eigenvalue weighted by Crippen LogP contribution is -2.19. The summed E-state index contributed by atoms with van der Waals surface area (Å²) in [4.78, 5) is 0. The van der Waals surface area contributed by atoms with Crippen molar-refractivity contribution in [2.75, 3.05) is 13.2 Å². The molecule has 0 bridgehead atoms. The molecule has 1 aromatic carbocycles. The van der Waals surface area contributed by atoms with E-state index in [0.29, 0.717) is 18.6 Å². The van der Waals surface area contributed by atoms with E-state index in [4.69, 9.17) is 5.11 Å². The van der Waals surface area contributed by atoms with Gasteiger partial charge < -0.3 is 10.4 Å². The van der Waals surface area contributed by atoms with Crippen LogP contribution < -0.4 is 5.32 Å². The van der Waals surface area contributed by atoms with Gasteiger partial charge in [-0.25, -0.2) is 0 Å². The highest BCUT2D eigenvalue weighted by Gasteiger charge is 2.05. The average molecular weight is 249 g/mol. The Morgan fingerprint density at radius 1 is 0.944 bits per heavy atom. The zero-order valence-corrected chi connectivity index (χ0v) is 11.9. The lowest BCUT2D eigenvalue weighted by atomic mass is 9.99. The summed E-state index contributed by atoms with van der Waals surface area (Å²) in [6.07, 6.45) is 3.15. The van der Waals surface area contributed by atoms with Crippen LogP contribution in [0.5, 0.6) is 0 Å². The summed E-state index contributed by atoms with van der Waals surface area (Å²) < 4.78 is 0. The minimum absolute atomic E-state index is 0.312. The average Bonchev–Trinajstić information content (AvgIpc) is 2.38. The molecule has 2 nitrogen and oxygen atoms in total. The highest BCUT2D eigenvalue weighted by atomic mass is 16.2. The van der Waals surface area contributed by atoms with Gasteiger partial charge in [0.15, 0.2) is 0 Å². The fraction of sp³-hybridized carbons (Fsp3) is 0.625. The van der Waals surface area contributed by atoms with E-state index in [1.54, 1.807) is 0 Å². The van der Waals surface area contributed by atoms with Crippen LogP contribution in [-0.2, 0) is 0 Å². The van der Waals surface area contributed by atoms with E-state index in [-0.39, 0.29) is 0 Å². The number of unbranched alkanes of at least 4 members (excludes halogenated alkanes) is 2. The first kappa shape index (κ1) is 15.2. The predicted molar refractivity (Wildman–Crippen MR) is 77.9 cm³/mol. The Kier molecular flexibility index (Phi) is 6.99. The second kappa shape index (κ2) is 8.28. The molecule has 0 amide bonds. The first-order valence-electron chi connectivity index (χ1n) is 7.09. The molecule has 0 aliphatic rings. The van der Waals surface area contributed by atoms with Gasteiger partial charge >= 0.3 is 0 Å². The first-order chi connectivity index (χ1) is 8.65. The second-order valence-corrected chi connectivity index (χ2v) is 5.28. The molecule has 0 aromatic heterocycles. The highest BCUT2D eigenvalue weighted by Crippen LogP contribution is 2.18. The number of rotatable bonds is 8. The molecule has 0 radical (unpaired) electrons. The van der Waals surface area contributed by atoms with Crippen LogP contribution in [0.4, 0.5) is 0 Å². The predicted octanol–water partition coefficient (Wildman–Crippen LogP) is 3.62. The van der Waals surface area contributed by atoms with Crippen LogP contribution in [0.25, 0.3) is 0 Å². The van der Waals surface area contributed by atoms with Gasteiger partial charge in [-0.15, -0.1) is 0 Å². The molecule has 2 N–H and O–H groups in total. The molecule has 102 valence electrons. The Labute approximate surface area is 111 Å². The monoisotopic (exact) mass is 249 g/mol. The second-order valence-electron chi connectivity index (χ2n) is 5.28. The Balaban J connectivity index is 2.34. The third-order valence-corrected chi connectivity index (χ3v) is 3.39. The van der Waals surface area contributed by atoms with E-state index in [1.807, 2.05) is 0 Å². The summed E-state index contributed by atoms with van der Waals surface area (Å²) in [5.74, 6) is 0.598. The van der Waals surface area contributed by atoms with E-state index in [1.165, 1.54) is 11.1 Å². The number of nitrogens with one attached hydrogen (secondary N) is 1. The molecule has 0 saturated carbocycles. The van der Waals surface area contributed by atoms with Gasteiger partial charge in [-0.05, 0) is 49.8 Å². The number of aliphatic hydroxyl groups excluding tert-OH is 1. The topological polar surface area (TPSA) is 32.3 Å². The molecule has 1 aromatic rings. The first-order valence-corrected chi connectivity index (χ1v) is 7.09. The van der Waals surface area contributed by atoms with Crippen molar-refractivity contribution in [3.8, 4) is 0 Å². The molecule has 0 fully saturated rings. The normalized spacial score (nSPS) is 12.9. The number of benzene rings is 1. The van der Waals surface area contributed by atoms with Crippen LogP contribution in [0, 0.1) is 0 Å². The van der Waals surface area contributed by atoms with E-state index in [9.17, 15) is 0 Å². The summed E-state index contributed by atoms with van der Waals surface area (Å²) in [5, 5.41) is 12.2. The maximum atomic E-state index is 8.70. The lowest BCUT2D eigenvalue weighted by Gasteiger charge is -2.15. The third kappa shape index (κ3) is 5.19. The maximum absolute atomic E-state index is 8.70. The third-order valence-electron chi connectivity index (χ3n) is 3.39. The lowest BCUT2D eigenvalue weighted by molar-refractivity contribution is 0.282. The number of aliphatic hydroxyl groups is 1. The van der Waals surface area contributed by atoms with Crippen LogP contribution in [-0.4, -0.2) is 18.3 Å². The summed E-state index contributed by atoms with van der Waals surface area (Å²) >= 11 is 0. The molecule has 2 heteroatoms. The Bertz CT molecular complexity index is 318. The summed E-state index contributed by atoms with van der Waals surface area (Å²) in [6.45, 7) is 7.98. The number of hydrogen-bond acceptors (Lipinski definition) is 2. The van der Waals surface area contributed by atoms with Gasteiger partial charge in [0.1, 0.15) is 0 Å². The van der Waals surface area contributed by atoms with Gasteiger partial charge in [0.25, 0.3) is 0 Å². The molecule has 0 heterocycles. The zero-order chi connectivity index (χ0) is 13.4. The van der Waals surface area contributed by atoms with E-state index in [2.05, 4.69) is 50.4 Å². The standard InChI is InChI=1S/C16H27NO/c1-13(2)15-7-9-16(10-8-15)14(3)17-11-5-4-6-12-18/h7-10,13-14,17-18H,4-6,11-12H2,1-3H3. The molecule has 0 saturated heterocycles. The molecule has 0 spiro atoms. The van der Waals surface area contributed by atoms with Crippen LogP contribution in [0.3, 0.4) is 0 Å². The quantitative estimate of drug-likeness (QED) is 0.690. The fourth-order valence-corrected chi connectivity index (χ4v) is 2.02. The van der Waals surface area contributed by atoms with Crippen LogP contribution in [0.1, 0.15) is 63.1 Å². The highest BCUT2D eigenvalue weighted by molar-refractivity contribution is 5.26. The summed E-state index contributed by atoms with van der Waals surface area (Å²) in [5.41, 5.74) is 2.75. The molecule has 0 aliphatic heterocycles.